The van der Waals surface area contributed by atoms with Crippen molar-refractivity contribution in [1.82, 2.24) is 15.5 Å². The van der Waals surface area contributed by atoms with Crippen molar-refractivity contribution in [3.8, 4) is 0 Å². The number of aliphatic imine (C=N–C) groups is 1. The highest BCUT2D eigenvalue weighted by atomic mass is 16.5. The molecule has 1 rings (SSSR count). The summed E-state index contributed by atoms with van der Waals surface area (Å²) in [4.78, 5) is 6.77. The number of morpholine rings is 1. The second-order valence-corrected chi connectivity index (χ2v) is 5.72. The second-order valence-electron chi connectivity index (χ2n) is 5.72. The number of hydrogen-bond donors (Lipinski definition) is 2. The highest BCUT2D eigenvalue weighted by Crippen LogP contribution is 2.04. The number of ether oxygens (including phenoxy) is 1. The summed E-state index contributed by atoms with van der Waals surface area (Å²) in [5.41, 5.74) is 0. The quantitative estimate of drug-likeness (QED) is 0.386. The standard InChI is InChI=1S/C16H34N4O/c1-4-15(5-2)14-19-16(17-3)18-8-6-7-9-20-10-12-21-13-11-20/h15H,4-14H2,1-3H3,(H2,17,18,19). The van der Waals surface area contributed by atoms with Crippen LogP contribution in [0, 0.1) is 5.92 Å². The summed E-state index contributed by atoms with van der Waals surface area (Å²) >= 11 is 0. The van der Waals surface area contributed by atoms with E-state index in [0.717, 1.165) is 51.3 Å². The van der Waals surface area contributed by atoms with Gasteiger partial charge in [-0.05, 0) is 25.3 Å². The molecule has 0 amide bonds. The maximum absolute atomic E-state index is 5.36. The van der Waals surface area contributed by atoms with E-state index in [1.165, 1.54) is 32.2 Å². The average molecular weight is 298 g/mol. The summed E-state index contributed by atoms with van der Waals surface area (Å²) in [5, 5.41) is 6.83. The Hall–Kier alpha value is -0.810. The minimum absolute atomic E-state index is 0.741. The molecule has 0 aromatic heterocycles. The van der Waals surface area contributed by atoms with Crippen molar-refractivity contribution >= 4 is 5.96 Å². The molecule has 2 N–H and O–H groups in total. The van der Waals surface area contributed by atoms with Crippen LogP contribution in [0.4, 0.5) is 0 Å². The first-order valence-electron chi connectivity index (χ1n) is 8.54. The van der Waals surface area contributed by atoms with Crippen LogP contribution in [0.1, 0.15) is 39.5 Å². The molecule has 0 aliphatic carbocycles. The third-order valence-electron chi connectivity index (χ3n) is 4.23. The Bertz CT molecular complexity index is 273. The van der Waals surface area contributed by atoms with Gasteiger partial charge in [-0.2, -0.15) is 0 Å². The van der Waals surface area contributed by atoms with Crippen LogP contribution in [0.2, 0.25) is 0 Å². The van der Waals surface area contributed by atoms with E-state index in [1.54, 1.807) is 0 Å². The summed E-state index contributed by atoms with van der Waals surface area (Å²) in [5.74, 6) is 1.68. The van der Waals surface area contributed by atoms with Crippen molar-refractivity contribution in [2.45, 2.75) is 39.5 Å². The molecule has 0 bridgehead atoms. The average Bonchev–Trinajstić information content (AvgIpc) is 2.54. The van der Waals surface area contributed by atoms with E-state index in [0.29, 0.717) is 0 Å². The van der Waals surface area contributed by atoms with Crippen LogP contribution in [0.5, 0.6) is 0 Å². The van der Waals surface area contributed by atoms with E-state index in [2.05, 4.69) is 34.4 Å². The highest BCUT2D eigenvalue weighted by molar-refractivity contribution is 5.79. The predicted octanol–water partition coefficient (Wildman–Crippen LogP) is 1.70. The van der Waals surface area contributed by atoms with Crippen molar-refractivity contribution in [1.29, 1.82) is 0 Å². The van der Waals surface area contributed by atoms with Crippen LogP contribution in [-0.2, 0) is 4.74 Å². The summed E-state index contributed by atoms with van der Waals surface area (Å²) in [6.45, 7) is 11.7. The maximum atomic E-state index is 5.36. The van der Waals surface area contributed by atoms with Crippen LogP contribution >= 0.6 is 0 Å². The van der Waals surface area contributed by atoms with Gasteiger partial charge >= 0.3 is 0 Å². The summed E-state index contributed by atoms with van der Waals surface area (Å²) in [6.07, 6.45) is 4.86. The van der Waals surface area contributed by atoms with Crippen molar-refractivity contribution in [3.63, 3.8) is 0 Å². The van der Waals surface area contributed by atoms with Crippen molar-refractivity contribution in [2.24, 2.45) is 10.9 Å². The molecule has 0 saturated carbocycles. The molecule has 1 aliphatic rings. The Kier molecular flexibility index (Phi) is 10.3. The number of rotatable bonds is 9. The first-order chi connectivity index (χ1) is 10.3. The van der Waals surface area contributed by atoms with Crippen LogP contribution in [-0.4, -0.2) is 63.8 Å². The molecular weight excluding hydrogens is 264 g/mol. The fourth-order valence-corrected chi connectivity index (χ4v) is 2.53. The van der Waals surface area contributed by atoms with E-state index in [9.17, 15) is 0 Å². The number of nitrogens with zero attached hydrogens (tertiary/aromatic N) is 2. The van der Waals surface area contributed by atoms with E-state index in [4.69, 9.17) is 4.74 Å². The highest BCUT2D eigenvalue weighted by Gasteiger charge is 2.09. The topological polar surface area (TPSA) is 48.9 Å². The lowest BCUT2D eigenvalue weighted by Gasteiger charge is -2.26. The number of guanidine groups is 1. The zero-order chi connectivity index (χ0) is 15.3. The van der Waals surface area contributed by atoms with Gasteiger partial charge in [0.25, 0.3) is 0 Å². The Morgan fingerprint density at radius 3 is 2.48 bits per heavy atom. The smallest absolute Gasteiger partial charge is 0.190 e. The zero-order valence-corrected chi connectivity index (χ0v) is 14.2. The van der Waals surface area contributed by atoms with Gasteiger partial charge in [-0.1, -0.05) is 26.7 Å². The Balaban J connectivity index is 2.03. The monoisotopic (exact) mass is 298 g/mol. The lowest BCUT2D eigenvalue weighted by atomic mass is 10.0. The van der Waals surface area contributed by atoms with Crippen LogP contribution in [0.3, 0.4) is 0 Å². The zero-order valence-electron chi connectivity index (χ0n) is 14.2. The first kappa shape index (κ1) is 18.2. The molecule has 5 heteroatoms. The number of nitrogens with one attached hydrogen (secondary N) is 2. The lowest BCUT2D eigenvalue weighted by Crippen LogP contribution is -2.40. The van der Waals surface area contributed by atoms with Gasteiger partial charge in [-0.25, -0.2) is 0 Å². The summed E-state index contributed by atoms with van der Waals surface area (Å²) in [7, 11) is 1.84. The maximum Gasteiger partial charge on any atom is 0.190 e. The molecule has 0 unspecified atom stereocenters. The molecule has 1 aliphatic heterocycles. The molecule has 0 aromatic rings. The molecule has 124 valence electrons. The molecule has 1 heterocycles. The van der Waals surface area contributed by atoms with Gasteiger partial charge in [-0.3, -0.25) is 9.89 Å². The summed E-state index contributed by atoms with van der Waals surface area (Å²) < 4.78 is 5.36. The third kappa shape index (κ3) is 8.27. The van der Waals surface area contributed by atoms with Gasteiger partial charge in [-0.15, -0.1) is 0 Å². The normalized spacial score (nSPS) is 17.2. The summed E-state index contributed by atoms with van der Waals surface area (Å²) in [6, 6.07) is 0. The number of hydrogen-bond acceptors (Lipinski definition) is 3. The molecule has 0 radical (unpaired) electrons. The third-order valence-corrected chi connectivity index (χ3v) is 4.23. The SMILES string of the molecule is CCC(CC)CNC(=NC)NCCCCN1CCOCC1. The van der Waals surface area contributed by atoms with Gasteiger partial charge in [0.05, 0.1) is 13.2 Å². The molecule has 1 saturated heterocycles. The molecule has 21 heavy (non-hydrogen) atoms. The Morgan fingerprint density at radius 2 is 1.86 bits per heavy atom. The Labute approximate surface area is 130 Å². The first-order valence-corrected chi connectivity index (χ1v) is 8.54. The lowest BCUT2D eigenvalue weighted by molar-refractivity contribution is 0.0372. The van der Waals surface area contributed by atoms with E-state index < -0.39 is 0 Å². The minimum Gasteiger partial charge on any atom is -0.379 e. The van der Waals surface area contributed by atoms with Crippen LogP contribution in [0.25, 0.3) is 0 Å². The van der Waals surface area contributed by atoms with Crippen molar-refractivity contribution in [3.05, 3.63) is 0 Å². The van der Waals surface area contributed by atoms with Crippen LogP contribution in [0.15, 0.2) is 4.99 Å². The number of unbranched alkanes of at least 4 members (excludes halogenated alkanes) is 1. The molecule has 0 atom stereocenters. The fourth-order valence-electron chi connectivity index (χ4n) is 2.53. The van der Waals surface area contributed by atoms with E-state index in [-0.39, 0.29) is 0 Å². The Morgan fingerprint density at radius 1 is 1.14 bits per heavy atom. The second kappa shape index (κ2) is 11.8. The molecule has 0 aromatic carbocycles. The van der Waals surface area contributed by atoms with Gasteiger partial charge in [0.15, 0.2) is 5.96 Å². The largest absolute Gasteiger partial charge is 0.379 e. The van der Waals surface area contributed by atoms with Gasteiger partial charge in [0.2, 0.25) is 0 Å². The molecule has 1 fully saturated rings. The minimum atomic E-state index is 0.741. The van der Waals surface area contributed by atoms with Crippen LogP contribution < -0.4 is 10.6 Å². The molecule has 0 spiro atoms. The van der Waals surface area contributed by atoms with E-state index in [1.807, 2.05) is 7.05 Å². The molecule has 5 nitrogen and oxygen atoms in total. The van der Waals surface area contributed by atoms with Gasteiger partial charge in [0.1, 0.15) is 0 Å². The van der Waals surface area contributed by atoms with Gasteiger partial charge in [0, 0.05) is 33.2 Å². The van der Waals surface area contributed by atoms with E-state index >= 15 is 0 Å². The van der Waals surface area contributed by atoms with Gasteiger partial charge < -0.3 is 15.4 Å². The van der Waals surface area contributed by atoms with Crippen molar-refractivity contribution < 1.29 is 4.74 Å². The molecular formula is C16H34N4O. The predicted molar refractivity (Wildman–Crippen MR) is 89.9 cm³/mol. The fraction of sp³-hybridized carbons (Fsp3) is 0.938. The van der Waals surface area contributed by atoms with Crippen molar-refractivity contribution in [2.75, 3.05) is 53.0 Å².